The van der Waals surface area contributed by atoms with Crippen molar-refractivity contribution in [3.05, 3.63) is 97.2 Å². The van der Waals surface area contributed by atoms with Gasteiger partial charge in [-0.05, 0) is 83.5 Å². The van der Waals surface area contributed by atoms with E-state index < -0.39 is 26.6 Å². The summed E-state index contributed by atoms with van der Waals surface area (Å²) in [4.78, 5) is 25.6. The number of nitrogens with one attached hydrogen (secondary N) is 1. The molecule has 506 valence electrons. The van der Waals surface area contributed by atoms with E-state index in [9.17, 15) is 19.4 Å². The van der Waals surface area contributed by atoms with Gasteiger partial charge in [0, 0.05) is 6.42 Å². The molecular weight excluding hydrogens is 1090 g/mol. The molecule has 8 nitrogen and oxygen atoms in total. The van der Waals surface area contributed by atoms with Crippen molar-refractivity contribution < 1.29 is 32.9 Å². The molecule has 0 heterocycles. The van der Waals surface area contributed by atoms with Crippen LogP contribution in [0.15, 0.2) is 97.2 Å². The normalized spacial score (nSPS) is 14.1. The molecule has 87 heavy (non-hydrogen) atoms. The largest absolute Gasteiger partial charge is 0.756 e. The van der Waals surface area contributed by atoms with Crippen molar-refractivity contribution in [1.82, 2.24) is 5.32 Å². The summed E-state index contributed by atoms with van der Waals surface area (Å²) in [6, 6.07) is -0.907. The zero-order valence-electron chi connectivity index (χ0n) is 58.0. The number of aliphatic hydroxyl groups excluding tert-OH is 1. The summed E-state index contributed by atoms with van der Waals surface area (Å²) >= 11 is 0. The number of phosphoric ester groups is 1. The lowest BCUT2D eigenvalue weighted by molar-refractivity contribution is -0.870. The van der Waals surface area contributed by atoms with Crippen LogP contribution in [0, 0.1) is 0 Å². The van der Waals surface area contributed by atoms with Gasteiger partial charge < -0.3 is 28.8 Å². The number of quaternary nitrogens is 1. The number of carbonyl (C=O) groups excluding carboxylic acids is 1. The van der Waals surface area contributed by atoms with Gasteiger partial charge in [-0.3, -0.25) is 9.36 Å². The maximum Gasteiger partial charge on any atom is 0.268 e. The Hall–Kier alpha value is -2.58. The van der Waals surface area contributed by atoms with E-state index in [0.29, 0.717) is 17.4 Å². The zero-order valence-corrected chi connectivity index (χ0v) is 58.9. The summed E-state index contributed by atoms with van der Waals surface area (Å²) in [5.41, 5.74) is 0. The Balaban J connectivity index is 3.99. The molecule has 1 amide bonds. The minimum absolute atomic E-state index is 0.00710. The monoisotopic (exact) mass is 1240 g/mol. The van der Waals surface area contributed by atoms with Gasteiger partial charge in [0.2, 0.25) is 5.91 Å². The van der Waals surface area contributed by atoms with E-state index >= 15 is 0 Å². The summed E-state index contributed by atoms with van der Waals surface area (Å²) in [5, 5.41) is 14.0. The van der Waals surface area contributed by atoms with Crippen molar-refractivity contribution in [1.29, 1.82) is 0 Å². The number of unbranched alkanes of at least 4 members (excludes halogenated alkanes) is 41. The summed E-state index contributed by atoms with van der Waals surface area (Å²) in [7, 11) is 1.25. The first-order valence-corrected chi connectivity index (χ1v) is 38.6. The summed E-state index contributed by atoms with van der Waals surface area (Å²) < 4.78 is 23.5. The highest BCUT2D eigenvalue weighted by molar-refractivity contribution is 7.45. The van der Waals surface area contributed by atoms with Crippen LogP contribution in [0.25, 0.3) is 0 Å². The summed E-state index contributed by atoms with van der Waals surface area (Å²) in [5.74, 6) is -0.203. The highest BCUT2D eigenvalue weighted by Gasteiger charge is 2.23. The first-order valence-electron chi connectivity index (χ1n) is 37.1. The van der Waals surface area contributed by atoms with Gasteiger partial charge in [-0.15, -0.1) is 0 Å². The van der Waals surface area contributed by atoms with Gasteiger partial charge in [0.05, 0.1) is 39.9 Å². The van der Waals surface area contributed by atoms with Crippen LogP contribution in [0.5, 0.6) is 0 Å². The highest BCUT2D eigenvalue weighted by atomic mass is 31.2. The number of likely N-dealkylation sites (N-methyl/N-ethyl adjacent to an activating group) is 1. The molecule has 0 rings (SSSR count). The molecular formula is C78H143N2O6P. The molecule has 0 spiro atoms. The molecule has 0 aliphatic rings. The Morgan fingerprint density at radius 3 is 1.07 bits per heavy atom. The Morgan fingerprint density at radius 1 is 0.414 bits per heavy atom. The third-order valence-electron chi connectivity index (χ3n) is 16.5. The molecule has 3 atom stereocenters. The summed E-state index contributed by atoms with van der Waals surface area (Å²) in [6.45, 7) is 4.55. The Morgan fingerprint density at radius 2 is 0.713 bits per heavy atom. The van der Waals surface area contributed by atoms with E-state index in [1.54, 1.807) is 6.08 Å². The number of hydrogen-bond acceptors (Lipinski definition) is 6. The molecule has 0 fully saturated rings. The second-order valence-corrected chi connectivity index (χ2v) is 27.7. The van der Waals surface area contributed by atoms with Crippen LogP contribution in [-0.2, 0) is 18.4 Å². The van der Waals surface area contributed by atoms with E-state index in [-0.39, 0.29) is 12.5 Å². The molecule has 9 heteroatoms. The van der Waals surface area contributed by atoms with Gasteiger partial charge in [0.15, 0.2) is 0 Å². The maximum atomic E-state index is 13.0. The summed E-state index contributed by atoms with van der Waals surface area (Å²) in [6.07, 6.45) is 98.4. The maximum absolute atomic E-state index is 13.0. The van der Waals surface area contributed by atoms with E-state index in [2.05, 4.69) is 104 Å². The van der Waals surface area contributed by atoms with Gasteiger partial charge in [0.25, 0.3) is 7.82 Å². The van der Waals surface area contributed by atoms with E-state index in [1.807, 2.05) is 27.2 Å². The minimum Gasteiger partial charge on any atom is -0.756 e. The number of aliphatic hydroxyl groups is 1. The van der Waals surface area contributed by atoms with Crippen LogP contribution in [0.4, 0.5) is 0 Å². The molecule has 0 aliphatic heterocycles. The fourth-order valence-electron chi connectivity index (χ4n) is 10.8. The topological polar surface area (TPSA) is 108 Å². The highest BCUT2D eigenvalue weighted by Crippen LogP contribution is 2.38. The number of carbonyl (C=O) groups is 1. The Bertz CT molecular complexity index is 1740. The zero-order chi connectivity index (χ0) is 63.4. The number of rotatable bonds is 68. The van der Waals surface area contributed by atoms with Crippen LogP contribution in [0.2, 0.25) is 0 Å². The fourth-order valence-corrected chi connectivity index (χ4v) is 11.5. The van der Waals surface area contributed by atoms with E-state index in [1.165, 1.54) is 244 Å². The SMILES string of the molecule is CC/C=C\C/C=C\C/C=C\C/C=C\C/C=C\C/C=C\CCCCCCCCCCCCCCCCCCCCCCCCC(=O)NC(COP(=O)([O-])OCC[N+](C)(C)C)C(O)/C=C/CC/C=C/CCCCCCCCCCCCCCCCCCCC. The minimum atomic E-state index is -4.62. The van der Waals surface area contributed by atoms with Crippen molar-refractivity contribution in [2.24, 2.45) is 0 Å². The van der Waals surface area contributed by atoms with Crippen molar-refractivity contribution in [3.8, 4) is 0 Å². The quantitative estimate of drug-likeness (QED) is 0.0272. The number of allylic oxidation sites excluding steroid dienone is 15. The molecule has 0 aromatic rings. The average Bonchev–Trinajstić information content (AvgIpc) is 3.71. The molecule has 0 saturated heterocycles. The molecule has 3 unspecified atom stereocenters. The molecule has 0 bridgehead atoms. The van der Waals surface area contributed by atoms with Crippen LogP contribution in [-0.4, -0.2) is 68.5 Å². The standard InChI is InChI=1S/C78H143N2O6P/c1-6-8-10-12-14-16-18-20-22-24-26-28-30-32-33-34-35-36-37-38-39-40-41-42-43-44-45-46-47-48-50-52-54-56-58-60-62-64-66-68-70-72-78(82)79-76(75-86-87(83,84)85-74-73-80(3,4)5)77(81)71-69-67-65-63-61-59-57-55-53-51-49-31-29-27-25-23-21-19-17-15-13-11-9-7-2/h8,10,14,16,20,22,26,28,32-33,35-36,61,63,69,71,76-77,81H,6-7,9,11-13,15,17-19,21,23-25,27,29-31,34,37-60,62,64-68,70,72-75H2,1-5H3,(H-,79,82,83,84)/b10-8-,16-14-,22-20-,28-26-,33-32-,36-35-,63-61+,71-69+. The number of hydrogen-bond donors (Lipinski definition) is 2. The van der Waals surface area contributed by atoms with Crippen LogP contribution < -0.4 is 10.2 Å². The predicted molar refractivity (Wildman–Crippen MR) is 380 cm³/mol. The van der Waals surface area contributed by atoms with E-state index in [4.69, 9.17) is 9.05 Å². The van der Waals surface area contributed by atoms with Crippen molar-refractivity contribution in [3.63, 3.8) is 0 Å². The first kappa shape index (κ1) is 84.4. The average molecular weight is 1240 g/mol. The van der Waals surface area contributed by atoms with Gasteiger partial charge in [-0.2, -0.15) is 0 Å². The van der Waals surface area contributed by atoms with Crippen LogP contribution in [0.3, 0.4) is 0 Å². The first-order chi connectivity index (χ1) is 42.5. The molecule has 0 aliphatic carbocycles. The number of amides is 1. The molecule has 0 aromatic carbocycles. The van der Waals surface area contributed by atoms with Crippen LogP contribution >= 0.6 is 7.82 Å². The number of phosphoric acid groups is 1. The van der Waals surface area contributed by atoms with E-state index in [0.717, 1.165) is 77.0 Å². The van der Waals surface area contributed by atoms with Gasteiger partial charge in [0.1, 0.15) is 13.2 Å². The molecule has 0 saturated carbocycles. The second kappa shape index (κ2) is 67.8. The fraction of sp³-hybridized carbons (Fsp3) is 0.782. The lowest BCUT2D eigenvalue weighted by Crippen LogP contribution is -2.45. The third kappa shape index (κ3) is 70.7. The third-order valence-corrected chi connectivity index (χ3v) is 17.5. The molecule has 0 radical (unpaired) electrons. The molecule has 0 aromatic heterocycles. The Labute approximate surface area is 540 Å². The Kier molecular flexibility index (Phi) is 65.8. The van der Waals surface area contributed by atoms with Crippen LogP contribution in [0.1, 0.15) is 341 Å². The lowest BCUT2D eigenvalue weighted by atomic mass is 10.0. The van der Waals surface area contributed by atoms with Gasteiger partial charge >= 0.3 is 0 Å². The van der Waals surface area contributed by atoms with Crippen molar-refractivity contribution >= 4 is 13.7 Å². The predicted octanol–water partition coefficient (Wildman–Crippen LogP) is 23.4. The second-order valence-electron chi connectivity index (χ2n) is 26.3. The molecule has 2 N–H and O–H groups in total. The smallest absolute Gasteiger partial charge is 0.268 e. The lowest BCUT2D eigenvalue weighted by Gasteiger charge is -2.29. The number of nitrogens with zero attached hydrogens (tertiary/aromatic N) is 1. The van der Waals surface area contributed by atoms with Gasteiger partial charge in [-0.1, -0.05) is 349 Å². The van der Waals surface area contributed by atoms with Crippen molar-refractivity contribution in [2.75, 3.05) is 40.9 Å². The van der Waals surface area contributed by atoms with Crippen molar-refractivity contribution in [2.45, 2.75) is 353 Å². The van der Waals surface area contributed by atoms with Gasteiger partial charge in [-0.25, -0.2) is 0 Å².